The van der Waals surface area contributed by atoms with E-state index in [9.17, 15) is 9.59 Å². The van der Waals surface area contributed by atoms with Crippen molar-refractivity contribution in [3.63, 3.8) is 0 Å². The third kappa shape index (κ3) is 4.08. The van der Waals surface area contributed by atoms with Crippen LogP contribution < -0.4 is 15.1 Å². The number of carbonyl (C=O) groups excluding carboxylic acids is 2. The third-order valence-corrected chi connectivity index (χ3v) is 7.04. The molecule has 2 amide bonds. The van der Waals surface area contributed by atoms with Gasteiger partial charge in [-0.25, -0.2) is 0 Å². The van der Waals surface area contributed by atoms with E-state index >= 15 is 0 Å². The number of nitrogens with one attached hydrogen (secondary N) is 1. The van der Waals surface area contributed by atoms with Crippen LogP contribution in [0.5, 0.6) is 0 Å². The van der Waals surface area contributed by atoms with Gasteiger partial charge in [-0.05, 0) is 112 Å². The molecule has 6 heteroatoms. The first-order valence-corrected chi connectivity index (χ1v) is 11.8. The molecule has 1 unspecified atom stereocenters. The average molecular weight is 462 g/mol. The minimum Gasteiger partial charge on any atom is -0.366 e. The molecule has 0 radical (unpaired) electrons. The summed E-state index contributed by atoms with van der Waals surface area (Å²) in [5.74, 6) is -0.492. The molecule has 0 saturated carbocycles. The number of amides is 2. The topological polar surface area (TPSA) is 52.7 Å². The number of aryl methyl sites for hydroxylation is 2. The fourth-order valence-electron chi connectivity index (χ4n) is 5.22. The maximum atomic E-state index is 13.4. The van der Waals surface area contributed by atoms with E-state index < -0.39 is 11.8 Å². The van der Waals surface area contributed by atoms with Crippen LogP contribution in [0.1, 0.15) is 62.3 Å². The Morgan fingerprint density at radius 2 is 1.91 bits per heavy atom. The Hall–Kier alpha value is -2.99. The summed E-state index contributed by atoms with van der Waals surface area (Å²) in [6, 6.07) is 11.9. The van der Waals surface area contributed by atoms with Crippen molar-refractivity contribution >= 4 is 46.6 Å². The molecular formula is C27H31N3O2S. The molecule has 172 valence electrons. The van der Waals surface area contributed by atoms with Gasteiger partial charge < -0.3 is 4.90 Å². The van der Waals surface area contributed by atoms with Crippen molar-refractivity contribution < 1.29 is 9.59 Å². The lowest BCUT2D eigenvalue weighted by molar-refractivity contribution is -0.122. The first-order valence-electron chi connectivity index (χ1n) is 11.4. The van der Waals surface area contributed by atoms with Crippen LogP contribution in [0.25, 0.3) is 6.08 Å². The van der Waals surface area contributed by atoms with Crippen LogP contribution in [0, 0.1) is 13.8 Å². The first-order chi connectivity index (χ1) is 15.5. The fraction of sp³-hybridized carbons (Fsp3) is 0.370. The number of benzene rings is 2. The van der Waals surface area contributed by atoms with Gasteiger partial charge in [0.15, 0.2) is 5.11 Å². The predicted molar refractivity (Wildman–Crippen MR) is 139 cm³/mol. The monoisotopic (exact) mass is 461 g/mol. The van der Waals surface area contributed by atoms with Crippen molar-refractivity contribution in [3.05, 3.63) is 64.2 Å². The standard InChI is InChI=1S/C27H31N3O2S/c1-7-29-23-12-17(3)19(13-21(23)18(4)15-27(29,5)6)14-22-24(31)28-26(33)30(25(22)32)20-10-8-9-16(2)11-20/h8-14,18H,7,15H2,1-6H3,(H,28,31,33)/b22-14-. The van der Waals surface area contributed by atoms with Gasteiger partial charge in [-0.3, -0.25) is 19.8 Å². The Kier molecular flexibility index (Phi) is 5.91. The van der Waals surface area contributed by atoms with E-state index in [2.05, 4.69) is 50.0 Å². The van der Waals surface area contributed by atoms with Crippen molar-refractivity contribution in [3.8, 4) is 0 Å². The van der Waals surface area contributed by atoms with Crippen molar-refractivity contribution in [2.45, 2.75) is 59.4 Å². The molecule has 0 aromatic heterocycles. The molecule has 2 aliphatic heterocycles. The summed E-state index contributed by atoms with van der Waals surface area (Å²) >= 11 is 5.33. The molecule has 2 aromatic carbocycles. The molecule has 1 saturated heterocycles. The van der Waals surface area contributed by atoms with Crippen LogP contribution in [0.15, 0.2) is 42.0 Å². The molecule has 0 aliphatic carbocycles. The minimum absolute atomic E-state index is 0.0802. The quantitative estimate of drug-likeness (QED) is 0.386. The summed E-state index contributed by atoms with van der Waals surface area (Å²) in [4.78, 5) is 30.0. The molecule has 2 heterocycles. The Labute approximate surface area is 201 Å². The highest BCUT2D eigenvalue weighted by Gasteiger charge is 2.37. The Balaban J connectivity index is 1.78. The van der Waals surface area contributed by atoms with Gasteiger partial charge in [0.25, 0.3) is 11.8 Å². The summed E-state index contributed by atoms with van der Waals surface area (Å²) in [6.45, 7) is 13.9. The zero-order valence-electron chi connectivity index (χ0n) is 20.2. The maximum absolute atomic E-state index is 13.4. The second-order valence-corrected chi connectivity index (χ2v) is 10.1. The Bertz CT molecular complexity index is 1200. The summed E-state index contributed by atoms with van der Waals surface area (Å²) < 4.78 is 0. The number of hydrogen-bond acceptors (Lipinski definition) is 4. The van der Waals surface area contributed by atoms with Crippen LogP contribution in [0.2, 0.25) is 0 Å². The number of hydrogen-bond donors (Lipinski definition) is 1. The van der Waals surface area contributed by atoms with Gasteiger partial charge in [0, 0.05) is 17.8 Å². The molecule has 2 aliphatic rings. The number of carbonyl (C=O) groups is 2. The van der Waals surface area contributed by atoms with Crippen molar-refractivity contribution in [2.75, 3.05) is 16.3 Å². The molecule has 4 rings (SSSR count). The van der Waals surface area contributed by atoms with Gasteiger partial charge in [-0.2, -0.15) is 0 Å². The molecule has 1 N–H and O–H groups in total. The number of fused-ring (bicyclic) bond motifs is 1. The van der Waals surface area contributed by atoms with Crippen LogP contribution >= 0.6 is 12.2 Å². The second kappa shape index (κ2) is 8.41. The molecule has 1 atom stereocenters. The van der Waals surface area contributed by atoms with E-state index in [0.717, 1.165) is 29.7 Å². The van der Waals surface area contributed by atoms with E-state index in [-0.39, 0.29) is 16.2 Å². The van der Waals surface area contributed by atoms with Gasteiger partial charge in [0.05, 0.1) is 5.69 Å². The SMILES string of the molecule is CCN1c2cc(C)c(/C=C3/C(=O)NC(=S)N(c4cccc(C)c4)C3=O)cc2C(C)CC1(C)C. The van der Waals surface area contributed by atoms with Crippen LogP contribution in [0.3, 0.4) is 0 Å². The molecule has 2 aromatic rings. The average Bonchev–Trinajstić information content (AvgIpc) is 2.71. The Morgan fingerprint density at radius 3 is 2.58 bits per heavy atom. The lowest BCUT2D eigenvalue weighted by atomic mass is 9.79. The largest absolute Gasteiger partial charge is 0.366 e. The van der Waals surface area contributed by atoms with E-state index in [0.29, 0.717) is 11.6 Å². The van der Waals surface area contributed by atoms with E-state index in [4.69, 9.17) is 12.2 Å². The lowest BCUT2D eigenvalue weighted by Crippen LogP contribution is -2.54. The number of rotatable bonds is 3. The zero-order chi connectivity index (χ0) is 24.1. The zero-order valence-corrected chi connectivity index (χ0v) is 21.0. The highest BCUT2D eigenvalue weighted by Crippen LogP contribution is 2.44. The minimum atomic E-state index is -0.463. The molecular weight excluding hydrogens is 430 g/mol. The van der Waals surface area contributed by atoms with Crippen molar-refractivity contribution in [1.29, 1.82) is 0 Å². The van der Waals surface area contributed by atoms with Crippen LogP contribution in [0.4, 0.5) is 11.4 Å². The molecule has 0 spiro atoms. The smallest absolute Gasteiger partial charge is 0.270 e. The molecule has 1 fully saturated rings. The van der Waals surface area contributed by atoms with Gasteiger partial charge in [-0.15, -0.1) is 0 Å². The summed E-state index contributed by atoms with van der Waals surface area (Å²) in [5, 5.41) is 2.79. The normalized spacial score (nSPS) is 21.3. The van der Waals surface area contributed by atoms with Crippen molar-refractivity contribution in [1.82, 2.24) is 5.32 Å². The number of nitrogens with zero attached hydrogens (tertiary/aromatic N) is 2. The first kappa shape index (κ1) is 23.2. The van der Waals surface area contributed by atoms with E-state index in [1.165, 1.54) is 16.2 Å². The van der Waals surface area contributed by atoms with Gasteiger partial charge in [0.2, 0.25) is 0 Å². The fourth-order valence-corrected chi connectivity index (χ4v) is 5.50. The number of thiocarbonyl (C=S) groups is 1. The summed E-state index contributed by atoms with van der Waals surface area (Å²) in [6.07, 6.45) is 2.75. The van der Waals surface area contributed by atoms with Gasteiger partial charge in [0.1, 0.15) is 5.57 Å². The highest BCUT2D eigenvalue weighted by molar-refractivity contribution is 7.80. The predicted octanol–water partition coefficient (Wildman–Crippen LogP) is 5.25. The highest BCUT2D eigenvalue weighted by atomic mass is 32.1. The molecule has 5 nitrogen and oxygen atoms in total. The van der Waals surface area contributed by atoms with E-state index in [1.807, 2.05) is 38.1 Å². The second-order valence-electron chi connectivity index (χ2n) is 9.73. The molecule has 0 bridgehead atoms. The summed E-state index contributed by atoms with van der Waals surface area (Å²) in [7, 11) is 0. The molecule has 33 heavy (non-hydrogen) atoms. The van der Waals surface area contributed by atoms with Crippen LogP contribution in [-0.2, 0) is 9.59 Å². The summed E-state index contributed by atoms with van der Waals surface area (Å²) in [5.41, 5.74) is 6.22. The third-order valence-electron chi connectivity index (χ3n) is 6.75. The van der Waals surface area contributed by atoms with Gasteiger partial charge in [-0.1, -0.05) is 19.1 Å². The van der Waals surface area contributed by atoms with Gasteiger partial charge >= 0.3 is 0 Å². The van der Waals surface area contributed by atoms with Crippen LogP contribution in [-0.4, -0.2) is 29.0 Å². The maximum Gasteiger partial charge on any atom is 0.270 e. The Morgan fingerprint density at radius 1 is 1.18 bits per heavy atom. The number of anilines is 2. The van der Waals surface area contributed by atoms with Crippen molar-refractivity contribution in [2.24, 2.45) is 0 Å². The van der Waals surface area contributed by atoms with E-state index in [1.54, 1.807) is 6.08 Å². The lowest BCUT2D eigenvalue weighted by Gasteiger charge is -2.47.